The minimum Gasteiger partial charge on any atom is -0.497 e. The number of amides is 1. The van der Waals surface area contributed by atoms with Crippen molar-refractivity contribution in [2.75, 3.05) is 64.9 Å². The van der Waals surface area contributed by atoms with Gasteiger partial charge in [-0.15, -0.1) is 0 Å². The van der Waals surface area contributed by atoms with Crippen LogP contribution in [0.1, 0.15) is 19.3 Å². The molecule has 1 unspecified atom stereocenters. The van der Waals surface area contributed by atoms with E-state index >= 15 is 0 Å². The number of piperazine rings is 1. The van der Waals surface area contributed by atoms with Crippen LogP contribution in [0.25, 0.3) is 0 Å². The number of nitrogens with zero attached hydrogens (tertiary/aromatic N) is 3. The molecule has 26 heavy (non-hydrogen) atoms. The quantitative estimate of drug-likeness (QED) is 0.861. The van der Waals surface area contributed by atoms with Crippen molar-refractivity contribution in [3.63, 3.8) is 0 Å². The molecule has 2 fully saturated rings. The summed E-state index contributed by atoms with van der Waals surface area (Å²) in [6, 6.07) is 8.68. The average Bonchev–Trinajstić information content (AvgIpc) is 2.98. The molecule has 0 aromatic heterocycles. The maximum absolute atomic E-state index is 12.7. The molecule has 2 saturated heterocycles. The number of carbonyl (C=O) groups excluding carboxylic acids is 1. The van der Waals surface area contributed by atoms with Crippen molar-refractivity contribution in [1.82, 2.24) is 15.1 Å². The molecule has 0 radical (unpaired) electrons. The van der Waals surface area contributed by atoms with Gasteiger partial charge in [-0.05, 0) is 63.7 Å². The van der Waals surface area contributed by atoms with Gasteiger partial charge < -0.3 is 19.9 Å². The summed E-state index contributed by atoms with van der Waals surface area (Å²) < 4.78 is 5.22. The molecule has 1 atom stereocenters. The Morgan fingerprint density at radius 3 is 2.58 bits per heavy atom. The first-order valence-corrected chi connectivity index (χ1v) is 9.75. The van der Waals surface area contributed by atoms with E-state index in [4.69, 9.17) is 4.74 Å². The predicted octanol–water partition coefficient (Wildman–Crippen LogP) is 1.42. The van der Waals surface area contributed by atoms with E-state index in [1.54, 1.807) is 7.11 Å². The predicted molar refractivity (Wildman–Crippen MR) is 105 cm³/mol. The third kappa shape index (κ3) is 4.89. The van der Waals surface area contributed by atoms with Crippen LogP contribution >= 0.6 is 0 Å². The van der Waals surface area contributed by atoms with Crippen LogP contribution < -0.4 is 15.0 Å². The molecule has 1 aromatic rings. The van der Waals surface area contributed by atoms with Gasteiger partial charge in [0.1, 0.15) is 5.75 Å². The second-order valence-corrected chi connectivity index (χ2v) is 7.32. The molecule has 0 aliphatic carbocycles. The van der Waals surface area contributed by atoms with E-state index in [1.165, 1.54) is 18.5 Å². The zero-order valence-corrected chi connectivity index (χ0v) is 16.1. The lowest BCUT2D eigenvalue weighted by Gasteiger charge is -2.37. The van der Waals surface area contributed by atoms with Crippen molar-refractivity contribution >= 4 is 11.6 Å². The normalized spacial score (nSPS) is 21.6. The Morgan fingerprint density at radius 1 is 1.15 bits per heavy atom. The molecule has 3 rings (SSSR count). The maximum Gasteiger partial charge on any atom is 0.236 e. The highest BCUT2D eigenvalue weighted by Gasteiger charge is 2.24. The van der Waals surface area contributed by atoms with Crippen LogP contribution in [0.4, 0.5) is 5.69 Å². The van der Waals surface area contributed by atoms with Crippen LogP contribution in [0.2, 0.25) is 0 Å². The van der Waals surface area contributed by atoms with Gasteiger partial charge in [-0.25, -0.2) is 0 Å². The molecule has 6 heteroatoms. The lowest BCUT2D eigenvalue weighted by atomic mass is 10.1. The zero-order chi connectivity index (χ0) is 18.4. The van der Waals surface area contributed by atoms with E-state index in [-0.39, 0.29) is 5.91 Å². The lowest BCUT2D eigenvalue weighted by molar-refractivity contribution is -0.133. The van der Waals surface area contributed by atoms with Crippen LogP contribution in [0.15, 0.2) is 24.3 Å². The van der Waals surface area contributed by atoms with Gasteiger partial charge >= 0.3 is 0 Å². The summed E-state index contributed by atoms with van der Waals surface area (Å²) in [4.78, 5) is 19.3. The summed E-state index contributed by atoms with van der Waals surface area (Å²) >= 11 is 0. The van der Waals surface area contributed by atoms with Crippen LogP contribution in [0.5, 0.6) is 5.75 Å². The van der Waals surface area contributed by atoms with Gasteiger partial charge in [-0.1, -0.05) is 0 Å². The summed E-state index contributed by atoms with van der Waals surface area (Å²) in [5, 5.41) is 3.44. The molecule has 0 saturated carbocycles. The minimum atomic E-state index is 0.263. The summed E-state index contributed by atoms with van der Waals surface area (Å²) in [6.45, 7) is 6.06. The highest BCUT2D eigenvalue weighted by atomic mass is 16.5. The van der Waals surface area contributed by atoms with Crippen LogP contribution in [0.3, 0.4) is 0 Å². The second-order valence-electron chi connectivity index (χ2n) is 7.32. The van der Waals surface area contributed by atoms with Crippen LogP contribution in [-0.4, -0.2) is 81.7 Å². The second kappa shape index (κ2) is 9.24. The van der Waals surface area contributed by atoms with Gasteiger partial charge in [0.05, 0.1) is 13.7 Å². The fourth-order valence-corrected chi connectivity index (χ4v) is 3.89. The summed E-state index contributed by atoms with van der Waals surface area (Å²) in [5.41, 5.74) is 1.20. The highest BCUT2D eigenvalue weighted by Crippen LogP contribution is 2.20. The minimum absolute atomic E-state index is 0.263. The van der Waals surface area contributed by atoms with E-state index in [2.05, 4.69) is 34.3 Å². The first kappa shape index (κ1) is 19.0. The third-order valence-electron chi connectivity index (χ3n) is 5.62. The Balaban J connectivity index is 1.46. The first-order chi connectivity index (χ1) is 12.7. The molecule has 6 nitrogen and oxygen atoms in total. The summed E-state index contributed by atoms with van der Waals surface area (Å²) in [7, 11) is 3.78. The number of hydrogen-bond donors (Lipinski definition) is 1. The number of ether oxygens (including phenoxy) is 1. The van der Waals surface area contributed by atoms with E-state index in [1.807, 2.05) is 17.0 Å². The number of carbonyl (C=O) groups is 1. The molecular formula is C20H32N4O2. The van der Waals surface area contributed by atoms with Gasteiger partial charge in [0.2, 0.25) is 5.91 Å². The van der Waals surface area contributed by atoms with Crippen molar-refractivity contribution in [3.8, 4) is 5.75 Å². The number of likely N-dealkylation sites (N-methyl/N-ethyl adjacent to an activating group) is 1. The molecule has 144 valence electrons. The zero-order valence-electron chi connectivity index (χ0n) is 16.1. The molecule has 2 heterocycles. The fraction of sp³-hybridized carbons (Fsp3) is 0.650. The monoisotopic (exact) mass is 360 g/mol. The Labute approximate surface area is 157 Å². The molecular weight excluding hydrogens is 328 g/mol. The smallest absolute Gasteiger partial charge is 0.236 e. The number of rotatable bonds is 5. The van der Waals surface area contributed by atoms with Crippen molar-refractivity contribution < 1.29 is 9.53 Å². The summed E-state index contributed by atoms with van der Waals surface area (Å²) in [6.07, 6.45) is 3.51. The molecule has 0 spiro atoms. The Bertz CT molecular complexity index is 562. The largest absolute Gasteiger partial charge is 0.497 e. The van der Waals surface area contributed by atoms with Gasteiger partial charge in [-0.3, -0.25) is 9.69 Å². The van der Waals surface area contributed by atoms with Gasteiger partial charge in [-0.2, -0.15) is 0 Å². The molecule has 1 amide bonds. The van der Waals surface area contributed by atoms with Gasteiger partial charge in [0.25, 0.3) is 0 Å². The fourth-order valence-electron chi connectivity index (χ4n) is 3.89. The van der Waals surface area contributed by atoms with E-state index in [9.17, 15) is 4.79 Å². The van der Waals surface area contributed by atoms with Crippen LogP contribution in [0, 0.1) is 0 Å². The Hall–Kier alpha value is -1.79. The molecule has 2 aliphatic rings. The molecule has 2 aliphatic heterocycles. The Kier molecular flexibility index (Phi) is 6.74. The number of methoxy groups -OCH3 is 1. The lowest BCUT2D eigenvalue weighted by Crippen LogP contribution is -2.51. The third-order valence-corrected chi connectivity index (χ3v) is 5.62. The van der Waals surface area contributed by atoms with E-state index < -0.39 is 0 Å². The number of benzene rings is 1. The van der Waals surface area contributed by atoms with E-state index in [0.29, 0.717) is 12.6 Å². The number of anilines is 1. The van der Waals surface area contributed by atoms with E-state index in [0.717, 1.165) is 51.4 Å². The van der Waals surface area contributed by atoms with Crippen molar-refractivity contribution in [1.29, 1.82) is 0 Å². The number of hydrogen-bond acceptors (Lipinski definition) is 5. The van der Waals surface area contributed by atoms with Crippen molar-refractivity contribution in [2.24, 2.45) is 0 Å². The Morgan fingerprint density at radius 2 is 1.88 bits per heavy atom. The van der Waals surface area contributed by atoms with Crippen molar-refractivity contribution in [2.45, 2.75) is 25.3 Å². The van der Waals surface area contributed by atoms with Gasteiger partial charge in [0.15, 0.2) is 0 Å². The van der Waals surface area contributed by atoms with Crippen LogP contribution in [-0.2, 0) is 4.79 Å². The standard InChI is InChI=1S/C20H32N4O2/c1-22(17-4-3-10-21-11-9-17)16-20(25)24-14-12-23(13-15-24)18-5-7-19(26-2)8-6-18/h5-8,17,21H,3-4,9-16H2,1-2H3. The first-order valence-electron chi connectivity index (χ1n) is 9.75. The average molecular weight is 361 g/mol. The topological polar surface area (TPSA) is 48.1 Å². The molecule has 0 bridgehead atoms. The highest BCUT2D eigenvalue weighted by molar-refractivity contribution is 5.78. The maximum atomic E-state index is 12.7. The van der Waals surface area contributed by atoms with Crippen molar-refractivity contribution in [3.05, 3.63) is 24.3 Å². The molecule has 1 aromatic carbocycles. The van der Waals surface area contributed by atoms with Gasteiger partial charge in [0, 0.05) is 37.9 Å². The number of nitrogens with one attached hydrogen (secondary N) is 1. The summed E-state index contributed by atoms with van der Waals surface area (Å²) in [5.74, 6) is 1.14. The molecule has 1 N–H and O–H groups in total. The SMILES string of the molecule is COc1ccc(N2CCN(C(=O)CN(C)C3CCCNCC3)CC2)cc1.